The van der Waals surface area contributed by atoms with Crippen molar-refractivity contribution in [2.75, 3.05) is 0 Å². The van der Waals surface area contributed by atoms with E-state index in [9.17, 15) is 0 Å². The standard InChI is InChI=1S/C16H13ClN2O/c1-11-6-7-14(10-18-11)20-16-15-5-3-2-4-12(15)8-13(9-17)19-16/h2-8,10H,9H2,1H3. The molecule has 0 aliphatic carbocycles. The lowest BCUT2D eigenvalue weighted by Crippen LogP contribution is -1.94. The van der Waals surface area contributed by atoms with Crippen molar-refractivity contribution in [2.45, 2.75) is 12.8 Å². The molecular weight excluding hydrogens is 272 g/mol. The molecule has 1 aromatic carbocycles. The van der Waals surface area contributed by atoms with Crippen molar-refractivity contribution in [3.05, 3.63) is 60.0 Å². The van der Waals surface area contributed by atoms with Gasteiger partial charge in [0.05, 0.1) is 17.8 Å². The third kappa shape index (κ3) is 2.58. The SMILES string of the molecule is Cc1ccc(Oc2nc(CCl)cc3ccccc23)cn1. The number of benzene rings is 1. The number of aromatic nitrogens is 2. The van der Waals surface area contributed by atoms with Crippen LogP contribution in [0.15, 0.2) is 48.7 Å². The summed E-state index contributed by atoms with van der Waals surface area (Å²) < 4.78 is 5.86. The number of ether oxygens (including phenoxy) is 1. The fraction of sp³-hybridized carbons (Fsp3) is 0.125. The molecule has 0 saturated heterocycles. The summed E-state index contributed by atoms with van der Waals surface area (Å²) in [4.78, 5) is 8.67. The molecule has 20 heavy (non-hydrogen) atoms. The molecule has 0 saturated carbocycles. The summed E-state index contributed by atoms with van der Waals surface area (Å²) in [6.07, 6.45) is 1.69. The van der Waals surface area contributed by atoms with Gasteiger partial charge in [0.15, 0.2) is 0 Å². The van der Waals surface area contributed by atoms with Gasteiger partial charge in [-0.15, -0.1) is 11.6 Å². The Morgan fingerprint density at radius 2 is 2.00 bits per heavy atom. The van der Waals surface area contributed by atoms with E-state index in [0.29, 0.717) is 17.5 Å². The number of fused-ring (bicyclic) bond motifs is 1. The van der Waals surface area contributed by atoms with E-state index in [1.54, 1.807) is 6.20 Å². The number of hydrogen-bond donors (Lipinski definition) is 0. The average Bonchev–Trinajstić information content (AvgIpc) is 2.49. The Balaban J connectivity index is 2.07. The van der Waals surface area contributed by atoms with E-state index in [2.05, 4.69) is 9.97 Å². The van der Waals surface area contributed by atoms with Crippen LogP contribution < -0.4 is 4.74 Å². The molecule has 0 bridgehead atoms. The van der Waals surface area contributed by atoms with Crippen molar-refractivity contribution < 1.29 is 4.74 Å². The Morgan fingerprint density at radius 3 is 2.75 bits per heavy atom. The minimum absolute atomic E-state index is 0.355. The lowest BCUT2D eigenvalue weighted by atomic mass is 10.1. The van der Waals surface area contributed by atoms with Crippen LogP contribution in [0.4, 0.5) is 0 Å². The van der Waals surface area contributed by atoms with Gasteiger partial charge >= 0.3 is 0 Å². The molecule has 0 aliphatic rings. The summed E-state index contributed by atoms with van der Waals surface area (Å²) in [7, 11) is 0. The van der Waals surface area contributed by atoms with E-state index in [-0.39, 0.29) is 0 Å². The lowest BCUT2D eigenvalue weighted by molar-refractivity contribution is 0.465. The molecular formula is C16H13ClN2O. The second-order valence-electron chi connectivity index (χ2n) is 4.51. The van der Waals surface area contributed by atoms with E-state index in [4.69, 9.17) is 16.3 Å². The summed E-state index contributed by atoms with van der Waals surface area (Å²) in [6.45, 7) is 1.94. The zero-order valence-corrected chi connectivity index (χ0v) is 11.8. The fourth-order valence-corrected chi connectivity index (χ4v) is 2.13. The van der Waals surface area contributed by atoms with Crippen LogP contribution in [-0.2, 0) is 5.88 Å². The van der Waals surface area contributed by atoms with E-state index in [1.807, 2.05) is 49.4 Å². The molecule has 0 spiro atoms. The monoisotopic (exact) mass is 284 g/mol. The van der Waals surface area contributed by atoms with Gasteiger partial charge in [-0.05, 0) is 36.6 Å². The summed E-state index contributed by atoms with van der Waals surface area (Å²) in [5.41, 5.74) is 1.74. The smallest absolute Gasteiger partial charge is 0.227 e. The molecule has 0 fully saturated rings. The topological polar surface area (TPSA) is 35.0 Å². The highest BCUT2D eigenvalue weighted by atomic mass is 35.5. The maximum Gasteiger partial charge on any atom is 0.227 e. The van der Waals surface area contributed by atoms with Gasteiger partial charge in [0.25, 0.3) is 0 Å². The third-order valence-corrected chi connectivity index (χ3v) is 3.27. The fourth-order valence-electron chi connectivity index (χ4n) is 1.99. The Morgan fingerprint density at radius 1 is 1.15 bits per heavy atom. The molecule has 0 N–H and O–H groups in total. The molecule has 2 heterocycles. The van der Waals surface area contributed by atoms with Crippen LogP contribution in [0.1, 0.15) is 11.4 Å². The van der Waals surface area contributed by atoms with E-state index in [1.165, 1.54) is 0 Å². The summed E-state index contributed by atoms with van der Waals surface area (Å²) in [5.74, 6) is 1.58. The van der Waals surface area contributed by atoms with E-state index >= 15 is 0 Å². The predicted octanol–water partition coefficient (Wildman–Crippen LogP) is 4.47. The second kappa shape index (κ2) is 5.47. The van der Waals surface area contributed by atoms with Gasteiger partial charge in [-0.25, -0.2) is 4.98 Å². The zero-order chi connectivity index (χ0) is 13.9. The molecule has 4 heteroatoms. The second-order valence-corrected chi connectivity index (χ2v) is 4.78. The highest BCUT2D eigenvalue weighted by Crippen LogP contribution is 2.28. The first kappa shape index (κ1) is 12.9. The summed E-state index contributed by atoms with van der Waals surface area (Å²) >= 11 is 5.89. The number of alkyl halides is 1. The number of aryl methyl sites for hydroxylation is 1. The van der Waals surface area contributed by atoms with Crippen LogP contribution in [0.5, 0.6) is 11.6 Å². The van der Waals surface area contributed by atoms with Crippen molar-refractivity contribution in [3.63, 3.8) is 0 Å². The lowest BCUT2D eigenvalue weighted by Gasteiger charge is -2.09. The van der Waals surface area contributed by atoms with Crippen molar-refractivity contribution in [1.82, 2.24) is 9.97 Å². The molecule has 2 aromatic heterocycles. The molecule has 0 radical (unpaired) electrons. The minimum atomic E-state index is 0.355. The van der Waals surface area contributed by atoms with E-state index < -0.39 is 0 Å². The maximum absolute atomic E-state index is 5.89. The summed E-state index contributed by atoms with van der Waals surface area (Å²) in [5, 5.41) is 2.02. The number of halogens is 1. The van der Waals surface area contributed by atoms with Crippen molar-refractivity contribution in [2.24, 2.45) is 0 Å². The molecule has 100 valence electrons. The van der Waals surface area contributed by atoms with Crippen LogP contribution in [0.25, 0.3) is 10.8 Å². The van der Waals surface area contributed by atoms with Crippen molar-refractivity contribution in [1.29, 1.82) is 0 Å². The van der Waals surface area contributed by atoms with Crippen LogP contribution in [0.3, 0.4) is 0 Å². The number of hydrogen-bond acceptors (Lipinski definition) is 3. The van der Waals surface area contributed by atoms with Gasteiger partial charge in [0, 0.05) is 11.1 Å². The van der Waals surface area contributed by atoms with Gasteiger partial charge in [-0.2, -0.15) is 0 Å². The van der Waals surface area contributed by atoms with Gasteiger partial charge in [-0.1, -0.05) is 18.2 Å². The Labute approximate surface area is 122 Å². The first-order chi connectivity index (χ1) is 9.76. The van der Waals surface area contributed by atoms with Crippen LogP contribution in [-0.4, -0.2) is 9.97 Å². The number of rotatable bonds is 3. The van der Waals surface area contributed by atoms with Gasteiger partial charge in [0.1, 0.15) is 5.75 Å². The Hall–Kier alpha value is -2.13. The quantitative estimate of drug-likeness (QED) is 0.666. The Kier molecular flexibility index (Phi) is 3.52. The highest BCUT2D eigenvalue weighted by molar-refractivity contribution is 6.17. The number of nitrogens with zero attached hydrogens (tertiary/aromatic N) is 2. The molecule has 0 amide bonds. The first-order valence-electron chi connectivity index (χ1n) is 6.31. The molecule has 3 aromatic rings. The predicted molar refractivity (Wildman–Crippen MR) is 80.3 cm³/mol. The van der Waals surface area contributed by atoms with Crippen LogP contribution in [0.2, 0.25) is 0 Å². The van der Waals surface area contributed by atoms with Crippen LogP contribution in [0, 0.1) is 6.92 Å². The largest absolute Gasteiger partial charge is 0.437 e. The van der Waals surface area contributed by atoms with Crippen molar-refractivity contribution in [3.8, 4) is 11.6 Å². The van der Waals surface area contributed by atoms with E-state index in [0.717, 1.165) is 22.2 Å². The average molecular weight is 285 g/mol. The minimum Gasteiger partial charge on any atom is -0.437 e. The molecule has 0 aliphatic heterocycles. The molecule has 3 rings (SSSR count). The van der Waals surface area contributed by atoms with Crippen LogP contribution >= 0.6 is 11.6 Å². The zero-order valence-electron chi connectivity index (χ0n) is 11.0. The molecule has 3 nitrogen and oxygen atoms in total. The maximum atomic E-state index is 5.89. The molecule has 0 atom stereocenters. The van der Waals surface area contributed by atoms with Gasteiger partial charge in [-0.3, -0.25) is 4.98 Å². The third-order valence-electron chi connectivity index (χ3n) is 2.99. The normalized spacial score (nSPS) is 10.7. The summed E-state index contributed by atoms with van der Waals surface area (Å²) in [6, 6.07) is 13.7. The molecule has 0 unspecified atom stereocenters. The van der Waals surface area contributed by atoms with Crippen molar-refractivity contribution >= 4 is 22.4 Å². The van der Waals surface area contributed by atoms with Gasteiger partial charge < -0.3 is 4.74 Å². The Bertz CT molecular complexity index is 741. The first-order valence-corrected chi connectivity index (χ1v) is 6.85. The van der Waals surface area contributed by atoms with Gasteiger partial charge in [0.2, 0.25) is 5.88 Å². The highest BCUT2D eigenvalue weighted by Gasteiger charge is 2.08. The number of pyridine rings is 2.